The highest BCUT2D eigenvalue weighted by atomic mass is 35.5. The third-order valence-corrected chi connectivity index (χ3v) is 7.28. The Balaban J connectivity index is 1.72. The van der Waals surface area contributed by atoms with Crippen LogP contribution in [0.1, 0.15) is 17.8 Å². The van der Waals surface area contributed by atoms with Crippen molar-refractivity contribution in [3.63, 3.8) is 0 Å². The van der Waals surface area contributed by atoms with Gasteiger partial charge in [-0.1, -0.05) is 46.3 Å². The summed E-state index contributed by atoms with van der Waals surface area (Å²) in [4.78, 5) is 14.1. The van der Waals surface area contributed by atoms with E-state index >= 15 is 0 Å². The molecule has 0 spiro atoms. The number of aliphatic carboxylic acids is 1. The quantitative estimate of drug-likeness (QED) is 0.537. The van der Waals surface area contributed by atoms with E-state index in [1.807, 2.05) is 43.4 Å². The van der Waals surface area contributed by atoms with Crippen molar-refractivity contribution in [1.82, 2.24) is 0 Å². The second-order valence-corrected chi connectivity index (χ2v) is 9.43. The fourth-order valence-corrected chi connectivity index (χ4v) is 5.74. The molecule has 4 rings (SSSR count). The normalized spacial score (nSPS) is 14.8. The molecular weight excluding hydrogens is 435 g/mol. The topological polar surface area (TPSA) is 47.2 Å². The summed E-state index contributed by atoms with van der Waals surface area (Å²) >= 11 is 15.7. The van der Waals surface area contributed by atoms with Gasteiger partial charge in [0.2, 0.25) is 5.52 Å². The zero-order valence-electron chi connectivity index (χ0n) is 14.9. The molecule has 8 heteroatoms. The van der Waals surface area contributed by atoms with Crippen molar-refractivity contribution in [3.05, 3.63) is 56.5 Å². The lowest BCUT2D eigenvalue weighted by molar-refractivity contribution is -0.642. The molecule has 4 nitrogen and oxygen atoms in total. The average molecular weight is 451 g/mol. The van der Waals surface area contributed by atoms with E-state index in [1.165, 1.54) is 0 Å². The van der Waals surface area contributed by atoms with Crippen molar-refractivity contribution in [2.24, 2.45) is 7.05 Å². The molecule has 0 saturated heterocycles. The van der Waals surface area contributed by atoms with Gasteiger partial charge in [-0.25, -0.2) is 0 Å². The van der Waals surface area contributed by atoms with E-state index in [9.17, 15) is 9.90 Å². The largest absolute Gasteiger partial charge is 0.550 e. The lowest BCUT2D eigenvalue weighted by Crippen LogP contribution is -2.29. The lowest BCUT2D eigenvalue weighted by Gasteiger charge is -2.20. The number of hydrogen-bond acceptors (Lipinski definition) is 5. The van der Waals surface area contributed by atoms with Gasteiger partial charge in [-0.15, -0.1) is 0 Å². The zero-order valence-corrected chi connectivity index (χ0v) is 18.1. The predicted molar refractivity (Wildman–Crippen MR) is 115 cm³/mol. The summed E-state index contributed by atoms with van der Waals surface area (Å²) in [5.74, 6) is -1.03. The van der Waals surface area contributed by atoms with Crippen LogP contribution < -0.4 is 14.6 Å². The summed E-state index contributed by atoms with van der Waals surface area (Å²) in [7, 11) is 2.02. The number of fused-ring (bicyclic) bond motifs is 2. The zero-order chi connectivity index (χ0) is 19.8. The number of aromatic nitrogens is 1. The molecular formula is C20H16Cl2N2O2S2. The van der Waals surface area contributed by atoms with Gasteiger partial charge in [0.15, 0.2) is 0 Å². The van der Waals surface area contributed by atoms with Gasteiger partial charge >= 0.3 is 0 Å². The first-order valence-corrected chi connectivity index (χ1v) is 11.1. The molecule has 0 radical (unpaired) electrons. The highest BCUT2D eigenvalue weighted by Gasteiger charge is 2.27. The van der Waals surface area contributed by atoms with Gasteiger partial charge in [0.25, 0.3) is 5.01 Å². The minimum atomic E-state index is -1.03. The Bertz CT molecular complexity index is 1110. The molecule has 0 unspecified atom stereocenters. The van der Waals surface area contributed by atoms with Gasteiger partial charge in [0.1, 0.15) is 11.7 Å². The van der Waals surface area contributed by atoms with E-state index in [1.54, 1.807) is 23.1 Å². The summed E-state index contributed by atoms with van der Waals surface area (Å²) in [6.07, 6.45) is 2.66. The van der Waals surface area contributed by atoms with Gasteiger partial charge < -0.3 is 14.8 Å². The number of hydrogen-bond donors (Lipinski definition) is 0. The van der Waals surface area contributed by atoms with Gasteiger partial charge in [-0.3, -0.25) is 0 Å². The van der Waals surface area contributed by atoms with E-state index in [0.717, 1.165) is 30.8 Å². The van der Waals surface area contributed by atoms with Crippen molar-refractivity contribution in [2.75, 3.05) is 11.4 Å². The predicted octanol–water partition coefficient (Wildman–Crippen LogP) is 4.47. The van der Waals surface area contributed by atoms with Crippen LogP contribution in [-0.4, -0.2) is 12.5 Å². The molecule has 0 atom stereocenters. The number of carbonyl (C=O) groups excluding carboxylic acids is 1. The van der Waals surface area contributed by atoms with Crippen molar-refractivity contribution >= 4 is 74.2 Å². The first-order valence-electron chi connectivity index (χ1n) is 8.67. The van der Waals surface area contributed by atoms with Gasteiger partial charge in [-0.05, 0) is 43.2 Å². The highest BCUT2D eigenvalue weighted by molar-refractivity contribution is 8.03. The first-order chi connectivity index (χ1) is 13.4. The van der Waals surface area contributed by atoms with Gasteiger partial charge in [0.05, 0.1) is 16.8 Å². The molecule has 2 aromatic carbocycles. The van der Waals surface area contributed by atoms with E-state index in [-0.39, 0.29) is 6.42 Å². The number of nitrogens with zero attached hydrogens (tertiary/aromatic N) is 2. The summed E-state index contributed by atoms with van der Waals surface area (Å²) in [5, 5.41) is 14.3. The average Bonchev–Trinajstić information content (AvgIpc) is 3.13. The summed E-state index contributed by atoms with van der Waals surface area (Å²) in [6, 6.07) is 11.7. The fourth-order valence-electron chi connectivity index (χ4n) is 3.16. The van der Waals surface area contributed by atoms with Crippen molar-refractivity contribution in [2.45, 2.75) is 17.7 Å². The number of carboxylic acid groups (broad SMARTS) is 1. The molecule has 0 N–H and O–H groups in total. The molecule has 3 aromatic rings. The van der Waals surface area contributed by atoms with Crippen LogP contribution in [0.4, 0.5) is 5.69 Å². The monoisotopic (exact) mass is 450 g/mol. The number of thiazole rings is 1. The third kappa shape index (κ3) is 3.87. The number of thioether (sulfide) groups is 1. The summed E-state index contributed by atoms with van der Waals surface area (Å²) in [5.41, 5.74) is 2.09. The second-order valence-electron chi connectivity index (χ2n) is 6.44. The first kappa shape index (κ1) is 19.6. The molecule has 1 aromatic heterocycles. The Labute approximate surface area is 181 Å². The molecule has 0 fully saturated rings. The van der Waals surface area contributed by atoms with Crippen LogP contribution in [-0.2, 0) is 11.8 Å². The minimum absolute atomic E-state index is 0.0273. The molecule has 28 heavy (non-hydrogen) atoms. The number of rotatable bonds is 5. The maximum Gasteiger partial charge on any atom is 0.265 e. The standard InChI is InChI=1S/C20H16Cl2N2O2S2/c1-23-14-9-12(21)4-6-16(14)27-18(23)11-19-24(8-2-3-20(25)26)15-10-13(22)5-7-17(15)28-19/h4-7,9-11H,2-3,8H2,1H3. The van der Waals surface area contributed by atoms with E-state index < -0.39 is 5.97 Å². The van der Waals surface area contributed by atoms with Crippen LogP contribution in [0, 0.1) is 0 Å². The number of aryl methyl sites for hydroxylation is 1. The molecule has 0 bridgehead atoms. The number of carbonyl (C=O) groups is 1. The van der Waals surface area contributed by atoms with E-state index in [0.29, 0.717) is 23.0 Å². The molecule has 2 heterocycles. The molecule has 0 aliphatic carbocycles. The maximum atomic E-state index is 10.8. The van der Waals surface area contributed by atoms with Crippen molar-refractivity contribution in [1.29, 1.82) is 0 Å². The Morgan fingerprint density at radius 1 is 1.21 bits per heavy atom. The number of anilines is 1. The van der Waals surface area contributed by atoms with Crippen LogP contribution in [0.2, 0.25) is 10.0 Å². The van der Waals surface area contributed by atoms with Gasteiger partial charge in [-0.2, -0.15) is 4.57 Å². The Kier molecular flexibility index (Phi) is 5.56. The van der Waals surface area contributed by atoms with Crippen LogP contribution >= 0.6 is 46.3 Å². The van der Waals surface area contributed by atoms with E-state index in [2.05, 4.69) is 15.5 Å². The molecule has 0 amide bonds. The van der Waals surface area contributed by atoms with E-state index in [4.69, 9.17) is 23.2 Å². The van der Waals surface area contributed by atoms with Crippen molar-refractivity contribution < 1.29 is 14.5 Å². The van der Waals surface area contributed by atoms with Crippen LogP contribution in [0.25, 0.3) is 16.3 Å². The fraction of sp³-hybridized carbons (Fsp3) is 0.200. The van der Waals surface area contributed by atoms with Crippen LogP contribution in [0.3, 0.4) is 0 Å². The number of carboxylic acids is 1. The smallest absolute Gasteiger partial charge is 0.265 e. The molecule has 1 aliphatic heterocycles. The molecule has 1 aliphatic rings. The summed E-state index contributed by atoms with van der Waals surface area (Å²) < 4.78 is 3.28. The summed E-state index contributed by atoms with van der Waals surface area (Å²) in [6.45, 7) is 0.584. The Morgan fingerprint density at radius 2 is 1.96 bits per heavy atom. The lowest BCUT2D eigenvalue weighted by atomic mass is 10.2. The number of halogens is 2. The minimum Gasteiger partial charge on any atom is -0.550 e. The van der Waals surface area contributed by atoms with Crippen LogP contribution in [0.5, 0.6) is 0 Å². The third-order valence-electron chi connectivity index (χ3n) is 4.53. The SMILES string of the molecule is C[n+]1c(C=C2Sc3ccc(Cl)cc3N2CCCC(=O)[O-])sc2ccc(Cl)cc21. The van der Waals surface area contributed by atoms with Crippen LogP contribution in [0.15, 0.2) is 46.3 Å². The highest BCUT2D eigenvalue weighted by Crippen LogP contribution is 2.47. The Hall–Kier alpha value is -1.73. The maximum absolute atomic E-state index is 10.8. The van der Waals surface area contributed by atoms with Crippen molar-refractivity contribution in [3.8, 4) is 0 Å². The number of benzene rings is 2. The Morgan fingerprint density at radius 3 is 2.75 bits per heavy atom. The molecule has 0 saturated carbocycles. The molecule has 144 valence electrons. The van der Waals surface area contributed by atoms with Gasteiger partial charge in [0, 0.05) is 33.5 Å². The second kappa shape index (κ2) is 7.95.